The fourth-order valence-electron chi connectivity index (χ4n) is 3.38. The first-order valence-corrected chi connectivity index (χ1v) is 10.6. The van der Waals surface area contributed by atoms with E-state index in [4.69, 9.17) is 4.74 Å². The third-order valence-corrected chi connectivity index (χ3v) is 5.82. The number of nitrogens with one attached hydrogen (secondary N) is 2. The van der Waals surface area contributed by atoms with E-state index in [2.05, 4.69) is 15.8 Å². The highest BCUT2D eigenvalue weighted by Gasteiger charge is 2.39. The number of carbonyl (C=O) groups excluding carboxylic acids is 2. The van der Waals surface area contributed by atoms with Crippen molar-refractivity contribution in [1.29, 1.82) is 0 Å². The van der Waals surface area contributed by atoms with E-state index in [0.29, 0.717) is 22.3 Å². The minimum absolute atomic E-state index is 0.0684. The number of carbonyl (C=O) groups is 2. The summed E-state index contributed by atoms with van der Waals surface area (Å²) in [4.78, 5) is 31.0. The highest BCUT2D eigenvalue weighted by atomic mass is 32.1. The van der Waals surface area contributed by atoms with Gasteiger partial charge in [0, 0.05) is 0 Å². The molecule has 1 aliphatic rings. The monoisotopic (exact) mass is 430 g/mol. The van der Waals surface area contributed by atoms with Crippen LogP contribution in [0.3, 0.4) is 0 Å². The van der Waals surface area contributed by atoms with Gasteiger partial charge >= 0.3 is 0 Å². The van der Waals surface area contributed by atoms with Crippen LogP contribution in [-0.2, 0) is 9.59 Å². The Morgan fingerprint density at radius 2 is 1.61 bits per heavy atom. The first kappa shape index (κ1) is 19.2. The molecule has 0 spiro atoms. The van der Waals surface area contributed by atoms with Crippen LogP contribution in [0.2, 0.25) is 0 Å². The lowest BCUT2D eigenvalue weighted by atomic mass is 10.2. The summed E-state index contributed by atoms with van der Waals surface area (Å²) < 4.78 is 6.81. The summed E-state index contributed by atoms with van der Waals surface area (Å²) in [6, 6.07) is 23.4. The predicted octanol–water partition coefficient (Wildman–Crippen LogP) is 4.34. The summed E-state index contributed by atoms with van der Waals surface area (Å²) in [5, 5.41) is 0.641. The number of fused-ring (bicyclic) bond motifs is 1. The number of nitrogens with zero attached hydrogens (tertiary/aromatic N) is 2. The Balaban J connectivity index is 1.25. The average molecular weight is 430 g/mol. The van der Waals surface area contributed by atoms with Gasteiger partial charge in [-0.2, -0.15) is 0 Å². The topological polar surface area (TPSA) is 83.6 Å². The fraction of sp³-hybridized carbons (Fsp3) is 0.0870. The van der Waals surface area contributed by atoms with Gasteiger partial charge in [-0.1, -0.05) is 41.7 Å². The molecule has 1 fully saturated rings. The second-order valence-corrected chi connectivity index (χ2v) is 8.02. The second-order valence-electron chi connectivity index (χ2n) is 6.99. The Labute approximate surface area is 182 Å². The van der Waals surface area contributed by atoms with Crippen molar-refractivity contribution in [2.75, 3.05) is 10.3 Å². The van der Waals surface area contributed by atoms with Gasteiger partial charge in [-0.05, 0) is 48.5 Å². The molecule has 2 N–H and O–H groups in total. The molecule has 31 heavy (non-hydrogen) atoms. The summed E-state index contributed by atoms with van der Waals surface area (Å²) in [7, 11) is 0. The number of ether oxygens (including phenoxy) is 1. The maximum Gasteiger partial charge on any atom is 0.253 e. The molecular formula is C23H18N4O3S. The molecule has 8 heteroatoms. The zero-order valence-corrected chi connectivity index (χ0v) is 17.1. The van der Waals surface area contributed by atoms with Crippen LogP contribution < -0.4 is 20.5 Å². The fourth-order valence-corrected chi connectivity index (χ4v) is 4.21. The summed E-state index contributed by atoms with van der Waals surface area (Å²) in [5.41, 5.74) is 7.31. The Morgan fingerprint density at radius 1 is 0.903 bits per heavy atom. The Bertz CT molecular complexity index is 1210. The van der Waals surface area contributed by atoms with Crippen molar-refractivity contribution in [1.82, 2.24) is 10.4 Å². The lowest BCUT2D eigenvalue weighted by Crippen LogP contribution is -2.41. The summed E-state index contributed by atoms with van der Waals surface area (Å²) in [6.45, 7) is 0. The van der Waals surface area contributed by atoms with E-state index >= 15 is 0 Å². The number of hydrogen-bond donors (Lipinski definition) is 2. The molecule has 5 rings (SSSR count). The molecule has 1 aromatic heterocycles. The van der Waals surface area contributed by atoms with Crippen molar-refractivity contribution in [2.45, 2.75) is 12.5 Å². The minimum Gasteiger partial charge on any atom is -0.457 e. The zero-order valence-electron chi connectivity index (χ0n) is 16.3. The molecule has 1 saturated heterocycles. The van der Waals surface area contributed by atoms with Gasteiger partial charge in [-0.15, -0.1) is 0 Å². The van der Waals surface area contributed by atoms with Crippen LogP contribution in [-0.4, -0.2) is 22.8 Å². The van der Waals surface area contributed by atoms with E-state index in [1.165, 1.54) is 16.2 Å². The van der Waals surface area contributed by atoms with Gasteiger partial charge in [-0.25, -0.2) is 15.3 Å². The number of anilines is 2. The normalized spacial score (nSPS) is 16.1. The molecular weight excluding hydrogens is 412 g/mol. The molecule has 0 aliphatic carbocycles. The largest absolute Gasteiger partial charge is 0.457 e. The van der Waals surface area contributed by atoms with Crippen LogP contribution in [0.1, 0.15) is 6.42 Å². The van der Waals surface area contributed by atoms with E-state index in [1.807, 2.05) is 54.6 Å². The van der Waals surface area contributed by atoms with Crippen molar-refractivity contribution < 1.29 is 14.3 Å². The molecule has 154 valence electrons. The molecule has 0 radical (unpaired) electrons. The first-order chi connectivity index (χ1) is 15.2. The Kier molecular flexibility index (Phi) is 5.07. The standard InChI is InChI=1S/C23H18N4O3S/c28-21-14-19(25-26-23-24-18-8-4-5-9-20(18)31-23)22(29)27(21)15-10-12-17(13-11-15)30-16-6-2-1-3-7-16/h1-13,19,25H,14H2,(H,24,26)/t19-/m1/s1. The maximum absolute atomic E-state index is 12.8. The molecule has 2 heterocycles. The van der Waals surface area contributed by atoms with Crippen LogP contribution >= 0.6 is 11.3 Å². The van der Waals surface area contributed by atoms with E-state index in [1.54, 1.807) is 24.3 Å². The molecule has 0 unspecified atom stereocenters. The second kappa shape index (κ2) is 8.17. The van der Waals surface area contributed by atoms with Gasteiger partial charge in [0.05, 0.1) is 22.3 Å². The SMILES string of the molecule is O=C1C[C@@H](NNc2nc3ccccc3s2)C(=O)N1c1ccc(Oc2ccccc2)cc1. The van der Waals surface area contributed by atoms with Crippen LogP contribution in [0.5, 0.6) is 11.5 Å². The summed E-state index contributed by atoms with van der Waals surface area (Å²) in [6.07, 6.45) is 0.0684. The van der Waals surface area contributed by atoms with Crippen molar-refractivity contribution in [3.8, 4) is 11.5 Å². The average Bonchev–Trinajstić information content (AvgIpc) is 3.33. The van der Waals surface area contributed by atoms with Gasteiger partial charge in [-0.3, -0.25) is 15.0 Å². The number of rotatable bonds is 6. The van der Waals surface area contributed by atoms with E-state index < -0.39 is 6.04 Å². The third kappa shape index (κ3) is 3.98. The molecule has 4 aromatic rings. The van der Waals surface area contributed by atoms with Crippen LogP contribution in [0, 0.1) is 0 Å². The van der Waals surface area contributed by atoms with E-state index in [0.717, 1.165) is 10.2 Å². The minimum atomic E-state index is -0.667. The smallest absolute Gasteiger partial charge is 0.253 e. The van der Waals surface area contributed by atoms with Gasteiger partial charge in [0.15, 0.2) is 5.13 Å². The summed E-state index contributed by atoms with van der Waals surface area (Å²) in [5.74, 6) is 0.774. The zero-order chi connectivity index (χ0) is 21.2. The number of thiazole rings is 1. The maximum atomic E-state index is 12.8. The Morgan fingerprint density at radius 3 is 2.39 bits per heavy atom. The van der Waals surface area contributed by atoms with Crippen molar-refractivity contribution >= 4 is 44.2 Å². The van der Waals surface area contributed by atoms with E-state index in [-0.39, 0.29) is 18.2 Å². The molecule has 7 nitrogen and oxygen atoms in total. The van der Waals surface area contributed by atoms with E-state index in [9.17, 15) is 9.59 Å². The van der Waals surface area contributed by atoms with Crippen molar-refractivity contribution in [3.63, 3.8) is 0 Å². The third-order valence-electron chi connectivity index (χ3n) is 4.87. The van der Waals surface area contributed by atoms with Crippen LogP contribution in [0.4, 0.5) is 10.8 Å². The molecule has 1 aliphatic heterocycles. The lowest BCUT2D eigenvalue weighted by Gasteiger charge is -2.16. The molecule has 1 atom stereocenters. The molecule has 3 aromatic carbocycles. The number of imide groups is 1. The summed E-state index contributed by atoms with van der Waals surface area (Å²) >= 11 is 1.47. The van der Waals surface area contributed by atoms with Gasteiger partial charge in [0.1, 0.15) is 17.5 Å². The van der Waals surface area contributed by atoms with Gasteiger partial charge in [0.2, 0.25) is 5.91 Å². The van der Waals surface area contributed by atoms with Crippen LogP contribution in [0.15, 0.2) is 78.9 Å². The number of para-hydroxylation sites is 2. The van der Waals surface area contributed by atoms with Gasteiger partial charge in [0.25, 0.3) is 5.91 Å². The highest BCUT2D eigenvalue weighted by molar-refractivity contribution is 7.22. The molecule has 0 saturated carbocycles. The number of hydrazine groups is 1. The van der Waals surface area contributed by atoms with Crippen molar-refractivity contribution in [2.24, 2.45) is 0 Å². The first-order valence-electron chi connectivity index (χ1n) is 9.74. The number of amides is 2. The lowest BCUT2D eigenvalue weighted by molar-refractivity contribution is -0.121. The number of benzene rings is 3. The quantitative estimate of drug-likeness (QED) is 0.350. The highest BCUT2D eigenvalue weighted by Crippen LogP contribution is 2.28. The Hall–Kier alpha value is -3.75. The van der Waals surface area contributed by atoms with Crippen LogP contribution in [0.25, 0.3) is 10.2 Å². The predicted molar refractivity (Wildman–Crippen MR) is 120 cm³/mol. The van der Waals surface area contributed by atoms with Crippen molar-refractivity contribution in [3.05, 3.63) is 78.9 Å². The number of aromatic nitrogens is 1. The number of hydrogen-bond acceptors (Lipinski definition) is 7. The molecule has 0 bridgehead atoms. The van der Waals surface area contributed by atoms with Gasteiger partial charge < -0.3 is 4.74 Å². The molecule has 2 amide bonds.